The van der Waals surface area contributed by atoms with Crippen molar-refractivity contribution in [3.8, 4) is 17.1 Å². The van der Waals surface area contributed by atoms with Gasteiger partial charge in [-0.15, -0.1) is 0 Å². The summed E-state index contributed by atoms with van der Waals surface area (Å²) >= 11 is 5.97. The molecule has 2 aromatic carbocycles. The third kappa shape index (κ3) is 4.12. The maximum atomic E-state index is 12.4. The van der Waals surface area contributed by atoms with E-state index in [1.165, 1.54) is 4.90 Å². The molecule has 0 atom stereocenters. The summed E-state index contributed by atoms with van der Waals surface area (Å²) in [4.78, 5) is 18.1. The largest absolute Gasteiger partial charge is 0.495 e. The number of anilines is 1. The first-order chi connectivity index (χ1) is 12.6. The normalized spacial score (nSPS) is 10.4. The molecule has 0 saturated heterocycles. The summed E-state index contributed by atoms with van der Waals surface area (Å²) in [7, 11) is 3.18. The lowest BCUT2D eigenvalue weighted by Gasteiger charge is -2.17. The number of para-hydroxylation sites is 2. The molecule has 0 bridgehead atoms. The van der Waals surface area contributed by atoms with Crippen molar-refractivity contribution in [2.24, 2.45) is 0 Å². The molecule has 134 valence electrons. The zero-order valence-electron chi connectivity index (χ0n) is 14.3. The molecule has 3 aromatic rings. The molecule has 0 radical (unpaired) electrons. The van der Waals surface area contributed by atoms with Crippen molar-refractivity contribution in [2.45, 2.75) is 6.54 Å². The monoisotopic (exact) mass is 372 g/mol. The van der Waals surface area contributed by atoms with Gasteiger partial charge in [0.05, 0.1) is 12.8 Å². The molecule has 1 aromatic heterocycles. The highest BCUT2D eigenvalue weighted by Crippen LogP contribution is 2.24. The van der Waals surface area contributed by atoms with E-state index < -0.39 is 0 Å². The number of benzene rings is 2. The molecule has 0 aliphatic rings. The molecule has 0 aliphatic carbocycles. The molecule has 0 saturated carbocycles. The van der Waals surface area contributed by atoms with E-state index in [-0.39, 0.29) is 12.6 Å². The van der Waals surface area contributed by atoms with E-state index in [0.29, 0.717) is 28.2 Å². The molecule has 26 heavy (non-hydrogen) atoms. The average molecular weight is 373 g/mol. The van der Waals surface area contributed by atoms with Gasteiger partial charge in [-0.2, -0.15) is 4.98 Å². The second kappa shape index (κ2) is 7.88. The minimum absolute atomic E-state index is 0.161. The predicted molar refractivity (Wildman–Crippen MR) is 98.2 cm³/mol. The number of amides is 2. The molecule has 0 spiro atoms. The van der Waals surface area contributed by atoms with E-state index in [1.807, 2.05) is 18.2 Å². The van der Waals surface area contributed by atoms with E-state index in [0.717, 1.165) is 5.56 Å². The van der Waals surface area contributed by atoms with Crippen LogP contribution < -0.4 is 10.1 Å². The van der Waals surface area contributed by atoms with Gasteiger partial charge in [-0.25, -0.2) is 4.79 Å². The summed E-state index contributed by atoms with van der Waals surface area (Å²) < 4.78 is 10.4. The molecule has 3 rings (SSSR count). The Labute approximate surface area is 155 Å². The van der Waals surface area contributed by atoms with Crippen molar-refractivity contribution in [3.63, 3.8) is 0 Å². The Hall–Kier alpha value is -3.06. The maximum Gasteiger partial charge on any atom is 0.322 e. The van der Waals surface area contributed by atoms with E-state index in [2.05, 4.69) is 15.5 Å². The van der Waals surface area contributed by atoms with Gasteiger partial charge in [0.1, 0.15) is 12.3 Å². The van der Waals surface area contributed by atoms with Crippen molar-refractivity contribution in [1.82, 2.24) is 15.0 Å². The number of ether oxygens (including phenoxy) is 1. The Bertz CT molecular complexity index is 913. The highest BCUT2D eigenvalue weighted by molar-refractivity contribution is 6.30. The van der Waals surface area contributed by atoms with Gasteiger partial charge in [0, 0.05) is 17.6 Å². The van der Waals surface area contributed by atoms with Crippen LogP contribution in [0.5, 0.6) is 5.75 Å². The zero-order valence-corrected chi connectivity index (χ0v) is 15.0. The standard InChI is InChI=1S/C18H17ClN4O3/c1-23(18(24)20-14-8-3-4-9-15(14)25-2)11-16-21-17(22-26-16)12-6-5-7-13(19)10-12/h3-10H,11H2,1-2H3,(H,20,24). The van der Waals surface area contributed by atoms with Gasteiger partial charge >= 0.3 is 6.03 Å². The van der Waals surface area contributed by atoms with Crippen molar-refractivity contribution in [3.05, 3.63) is 59.4 Å². The Morgan fingerprint density at radius 2 is 2.08 bits per heavy atom. The van der Waals surface area contributed by atoms with Crippen LogP contribution >= 0.6 is 11.6 Å². The van der Waals surface area contributed by atoms with Gasteiger partial charge < -0.3 is 19.5 Å². The number of carbonyl (C=O) groups excluding carboxylic acids is 1. The molecule has 1 heterocycles. The summed E-state index contributed by atoms with van der Waals surface area (Å²) in [6.07, 6.45) is 0. The minimum atomic E-state index is -0.322. The Morgan fingerprint density at radius 1 is 1.27 bits per heavy atom. The fourth-order valence-electron chi connectivity index (χ4n) is 2.30. The summed E-state index contributed by atoms with van der Waals surface area (Å²) in [6, 6.07) is 14.0. The summed E-state index contributed by atoms with van der Waals surface area (Å²) in [5.41, 5.74) is 1.32. The highest BCUT2D eigenvalue weighted by Gasteiger charge is 2.16. The number of halogens is 1. The molecular weight excluding hydrogens is 356 g/mol. The van der Waals surface area contributed by atoms with E-state index in [9.17, 15) is 4.79 Å². The zero-order chi connectivity index (χ0) is 18.5. The smallest absolute Gasteiger partial charge is 0.322 e. The minimum Gasteiger partial charge on any atom is -0.495 e. The second-order valence-corrected chi connectivity index (χ2v) is 5.95. The lowest BCUT2D eigenvalue weighted by Crippen LogP contribution is -2.31. The van der Waals surface area contributed by atoms with Crippen molar-refractivity contribution >= 4 is 23.3 Å². The summed E-state index contributed by atoms with van der Waals surface area (Å²) in [5, 5.41) is 7.30. The van der Waals surface area contributed by atoms with Crippen LogP contribution in [0.15, 0.2) is 53.1 Å². The number of urea groups is 1. The number of hydrogen-bond donors (Lipinski definition) is 1. The van der Waals surface area contributed by atoms with Gasteiger partial charge in [0.15, 0.2) is 0 Å². The fourth-order valence-corrected chi connectivity index (χ4v) is 2.49. The Kier molecular flexibility index (Phi) is 5.38. The molecule has 0 unspecified atom stereocenters. The van der Waals surface area contributed by atoms with Gasteiger partial charge in [0.25, 0.3) is 0 Å². The van der Waals surface area contributed by atoms with E-state index in [4.69, 9.17) is 20.9 Å². The average Bonchev–Trinajstić information content (AvgIpc) is 3.10. The van der Waals surface area contributed by atoms with Crippen LogP contribution in [0.4, 0.5) is 10.5 Å². The van der Waals surface area contributed by atoms with Gasteiger partial charge in [-0.3, -0.25) is 0 Å². The number of carbonyl (C=O) groups is 1. The molecular formula is C18H17ClN4O3. The number of rotatable bonds is 5. The Morgan fingerprint density at radius 3 is 2.85 bits per heavy atom. The van der Waals surface area contributed by atoms with Crippen molar-refractivity contribution < 1.29 is 14.1 Å². The molecule has 8 heteroatoms. The molecule has 0 aliphatic heterocycles. The van der Waals surface area contributed by atoms with Crippen LogP contribution in [0.25, 0.3) is 11.4 Å². The topological polar surface area (TPSA) is 80.5 Å². The molecule has 1 N–H and O–H groups in total. The van der Waals surface area contributed by atoms with E-state index >= 15 is 0 Å². The van der Waals surface area contributed by atoms with Crippen LogP contribution in [0.1, 0.15) is 5.89 Å². The van der Waals surface area contributed by atoms with Gasteiger partial charge in [-0.1, -0.05) is 41.0 Å². The second-order valence-electron chi connectivity index (χ2n) is 5.51. The summed E-state index contributed by atoms with van der Waals surface area (Å²) in [6.45, 7) is 0.161. The number of methoxy groups -OCH3 is 1. The van der Waals surface area contributed by atoms with Crippen LogP contribution in [0, 0.1) is 0 Å². The number of nitrogens with zero attached hydrogens (tertiary/aromatic N) is 3. The molecule has 0 fully saturated rings. The first-order valence-corrected chi connectivity index (χ1v) is 8.18. The number of nitrogens with one attached hydrogen (secondary N) is 1. The third-order valence-electron chi connectivity index (χ3n) is 3.62. The lowest BCUT2D eigenvalue weighted by molar-refractivity contribution is 0.213. The van der Waals surface area contributed by atoms with Crippen molar-refractivity contribution in [1.29, 1.82) is 0 Å². The lowest BCUT2D eigenvalue weighted by atomic mass is 10.2. The predicted octanol–water partition coefficient (Wildman–Crippen LogP) is 4.06. The van der Waals surface area contributed by atoms with Gasteiger partial charge in [0.2, 0.25) is 11.7 Å². The fraction of sp³-hybridized carbons (Fsp3) is 0.167. The van der Waals surface area contributed by atoms with Gasteiger partial charge in [-0.05, 0) is 24.3 Å². The SMILES string of the molecule is COc1ccccc1NC(=O)N(C)Cc1nc(-c2cccc(Cl)c2)no1. The van der Waals surface area contributed by atoms with Crippen molar-refractivity contribution in [2.75, 3.05) is 19.5 Å². The third-order valence-corrected chi connectivity index (χ3v) is 3.85. The van der Waals surface area contributed by atoms with Crippen LogP contribution in [0.2, 0.25) is 5.02 Å². The van der Waals surface area contributed by atoms with E-state index in [1.54, 1.807) is 44.5 Å². The number of hydrogen-bond acceptors (Lipinski definition) is 5. The van der Waals surface area contributed by atoms with Crippen LogP contribution in [-0.2, 0) is 6.54 Å². The Balaban J connectivity index is 1.66. The number of aromatic nitrogens is 2. The molecule has 7 nitrogen and oxygen atoms in total. The summed E-state index contributed by atoms with van der Waals surface area (Å²) in [5.74, 6) is 1.31. The molecule has 2 amide bonds. The van der Waals surface area contributed by atoms with Crippen LogP contribution in [0.3, 0.4) is 0 Å². The maximum absolute atomic E-state index is 12.4. The van der Waals surface area contributed by atoms with Crippen LogP contribution in [-0.4, -0.2) is 35.2 Å². The quantitative estimate of drug-likeness (QED) is 0.730. The highest BCUT2D eigenvalue weighted by atomic mass is 35.5. The first-order valence-electron chi connectivity index (χ1n) is 7.80. The first kappa shape index (κ1) is 17.8.